The van der Waals surface area contributed by atoms with Gasteiger partial charge in [0.05, 0.1) is 12.6 Å². The van der Waals surface area contributed by atoms with E-state index in [4.69, 9.17) is 5.11 Å². The van der Waals surface area contributed by atoms with Crippen molar-refractivity contribution in [2.24, 2.45) is 5.10 Å². The van der Waals surface area contributed by atoms with Crippen LogP contribution < -0.4 is 5.43 Å². The number of hydrazone groups is 1. The lowest BCUT2D eigenvalue weighted by Gasteiger charge is -2.15. The molecule has 0 radical (unpaired) electrons. The molecule has 46 valence electrons. The minimum atomic E-state index is 0.192. The molecule has 0 saturated carbocycles. The van der Waals surface area contributed by atoms with Crippen molar-refractivity contribution in [3.05, 3.63) is 0 Å². The second-order valence-electron chi connectivity index (χ2n) is 1.90. The maximum absolute atomic E-state index is 8.55. The SMILES string of the molecule is OC[C@H]1CCC=NN1. The standard InChI is InChI=1S/C5H10N2O/c8-4-5-2-1-3-6-7-5/h3,5,7-8H,1-2,4H2/t5-/m1/s1. The number of hydrogen-bond donors (Lipinski definition) is 2. The predicted octanol–water partition coefficient (Wildman–Crippen LogP) is -0.284. The third kappa shape index (κ3) is 1.20. The number of aliphatic hydroxyl groups is 1. The van der Waals surface area contributed by atoms with E-state index in [0.717, 1.165) is 12.8 Å². The van der Waals surface area contributed by atoms with Gasteiger partial charge >= 0.3 is 0 Å². The molecule has 0 aromatic rings. The Morgan fingerprint density at radius 2 is 2.75 bits per heavy atom. The molecule has 1 aliphatic rings. The summed E-state index contributed by atoms with van der Waals surface area (Å²) >= 11 is 0. The zero-order valence-electron chi connectivity index (χ0n) is 4.67. The van der Waals surface area contributed by atoms with Gasteiger partial charge in [-0.15, -0.1) is 0 Å². The maximum Gasteiger partial charge on any atom is 0.0674 e. The summed E-state index contributed by atoms with van der Waals surface area (Å²) in [6.07, 6.45) is 3.81. The van der Waals surface area contributed by atoms with Crippen LogP contribution in [0.25, 0.3) is 0 Å². The Hall–Kier alpha value is -0.570. The van der Waals surface area contributed by atoms with Crippen LogP contribution >= 0.6 is 0 Å². The van der Waals surface area contributed by atoms with E-state index in [1.807, 2.05) is 6.21 Å². The second-order valence-corrected chi connectivity index (χ2v) is 1.90. The lowest BCUT2D eigenvalue weighted by molar-refractivity contribution is 0.236. The van der Waals surface area contributed by atoms with Gasteiger partial charge in [0.2, 0.25) is 0 Å². The van der Waals surface area contributed by atoms with Crippen LogP contribution in [0.3, 0.4) is 0 Å². The summed E-state index contributed by atoms with van der Waals surface area (Å²) in [4.78, 5) is 0. The first kappa shape index (κ1) is 5.56. The van der Waals surface area contributed by atoms with Crippen molar-refractivity contribution in [2.75, 3.05) is 6.61 Å². The fraction of sp³-hybridized carbons (Fsp3) is 0.800. The van der Waals surface area contributed by atoms with E-state index >= 15 is 0 Å². The molecule has 0 amide bonds. The quantitative estimate of drug-likeness (QED) is 0.492. The summed E-state index contributed by atoms with van der Waals surface area (Å²) in [6, 6.07) is 0.194. The normalized spacial score (nSPS) is 27.4. The molecular formula is C5H10N2O. The highest BCUT2D eigenvalue weighted by Gasteiger charge is 2.05. The molecule has 0 unspecified atom stereocenters. The summed E-state index contributed by atoms with van der Waals surface area (Å²) in [7, 11) is 0. The summed E-state index contributed by atoms with van der Waals surface area (Å²) in [5.41, 5.74) is 2.79. The molecule has 0 bridgehead atoms. The summed E-state index contributed by atoms with van der Waals surface area (Å²) in [5, 5.41) is 12.3. The maximum atomic E-state index is 8.55. The molecule has 3 nitrogen and oxygen atoms in total. The first-order valence-electron chi connectivity index (χ1n) is 2.81. The van der Waals surface area contributed by atoms with Crippen molar-refractivity contribution in [3.63, 3.8) is 0 Å². The molecule has 0 aromatic heterocycles. The number of nitrogens with zero attached hydrogens (tertiary/aromatic N) is 1. The van der Waals surface area contributed by atoms with Gasteiger partial charge in [-0.3, -0.25) is 0 Å². The van der Waals surface area contributed by atoms with Gasteiger partial charge in [-0.1, -0.05) is 0 Å². The molecule has 0 aromatic carbocycles. The highest BCUT2D eigenvalue weighted by Crippen LogP contribution is 1.97. The van der Waals surface area contributed by atoms with Crippen molar-refractivity contribution >= 4 is 6.21 Å². The van der Waals surface area contributed by atoms with E-state index < -0.39 is 0 Å². The Morgan fingerprint density at radius 3 is 3.12 bits per heavy atom. The van der Waals surface area contributed by atoms with Gasteiger partial charge in [0.1, 0.15) is 0 Å². The van der Waals surface area contributed by atoms with Gasteiger partial charge in [0.15, 0.2) is 0 Å². The van der Waals surface area contributed by atoms with Gasteiger partial charge in [-0.05, 0) is 12.8 Å². The predicted molar refractivity (Wildman–Crippen MR) is 31.7 cm³/mol. The van der Waals surface area contributed by atoms with Gasteiger partial charge in [0.25, 0.3) is 0 Å². The largest absolute Gasteiger partial charge is 0.394 e. The van der Waals surface area contributed by atoms with Crippen LogP contribution in [0.15, 0.2) is 5.10 Å². The lowest BCUT2D eigenvalue weighted by atomic mass is 10.2. The third-order valence-corrected chi connectivity index (χ3v) is 1.21. The van der Waals surface area contributed by atoms with Crippen LogP contribution in [0.2, 0.25) is 0 Å². The van der Waals surface area contributed by atoms with Crippen LogP contribution in [-0.2, 0) is 0 Å². The molecule has 2 N–H and O–H groups in total. The number of hydrogen-bond acceptors (Lipinski definition) is 3. The first-order valence-corrected chi connectivity index (χ1v) is 2.81. The van der Waals surface area contributed by atoms with Crippen LogP contribution in [0.4, 0.5) is 0 Å². The van der Waals surface area contributed by atoms with Gasteiger partial charge < -0.3 is 10.5 Å². The highest BCUT2D eigenvalue weighted by molar-refractivity contribution is 5.57. The van der Waals surface area contributed by atoms with E-state index in [9.17, 15) is 0 Å². The number of nitrogens with one attached hydrogen (secondary N) is 1. The molecule has 0 aliphatic carbocycles. The molecule has 1 heterocycles. The minimum Gasteiger partial charge on any atom is -0.394 e. The zero-order chi connectivity index (χ0) is 5.82. The number of aliphatic hydroxyl groups excluding tert-OH is 1. The fourth-order valence-electron chi connectivity index (χ4n) is 0.695. The van der Waals surface area contributed by atoms with E-state index in [2.05, 4.69) is 10.5 Å². The monoisotopic (exact) mass is 114 g/mol. The van der Waals surface area contributed by atoms with Crippen LogP contribution in [-0.4, -0.2) is 24.0 Å². The molecular weight excluding hydrogens is 104 g/mol. The Morgan fingerprint density at radius 1 is 1.88 bits per heavy atom. The Labute approximate surface area is 48.4 Å². The Balaban J connectivity index is 2.27. The Kier molecular flexibility index (Phi) is 1.86. The molecule has 1 rings (SSSR count). The van der Waals surface area contributed by atoms with Crippen LogP contribution in [0.5, 0.6) is 0 Å². The molecule has 0 spiro atoms. The van der Waals surface area contributed by atoms with Crippen molar-refractivity contribution < 1.29 is 5.11 Å². The van der Waals surface area contributed by atoms with Crippen LogP contribution in [0.1, 0.15) is 12.8 Å². The van der Waals surface area contributed by atoms with E-state index in [0.29, 0.717) is 0 Å². The molecule has 1 aliphatic heterocycles. The zero-order valence-corrected chi connectivity index (χ0v) is 4.67. The number of rotatable bonds is 1. The molecule has 0 saturated heterocycles. The summed E-state index contributed by atoms with van der Waals surface area (Å²) in [5.74, 6) is 0. The smallest absolute Gasteiger partial charge is 0.0674 e. The topological polar surface area (TPSA) is 44.6 Å². The van der Waals surface area contributed by atoms with Crippen molar-refractivity contribution in [3.8, 4) is 0 Å². The van der Waals surface area contributed by atoms with Gasteiger partial charge in [-0.25, -0.2) is 0 Å². The molecule has 8 heavy (non-hydrogen) atoms. The van der Waals surface area contributed by atoms with Crippen molar-refractivity contribution in [2.45, 2.75) is 18.9 Å². The van der Waals surface area contributed by atoms with Gasteiger partial charge in [-0.2, -0.15) is 5.10 Å². The summed E-state index contributed by atoms with van der Waals surface area (Å²) < 4.78 is 0. The van der Waals surface area contributed by atoms with Crippen LogP contribution in [0, 0.1) is 0 Å². The van der Waals surface area contributed by atoms with E-state index in [1.54, 1.807) is 0 Å². The Bertz CT molecular complexity index is 92.4. The van der Waals surface area contributed by atoms with Gasteiger partial charge in [0, 0.05) is 6.21 Å². The third-order valence-electron chi connectivity index (χ3n) is 1.21. The van der Waals surface area contributed by atoms with E-state index in [1.165, 1.54) is 0 Å². The molecule has 3 heteroatoms. The average Bonchev–Trinajstić information content (AvgIpc) is 1.90. The minimum absolute atomic E-state index is 0.192. The van der Waals surface area contributed by atoms with Crippen molar-refractivity contribution in [1.29, 1.82) is 0 Å². The first-order chi connectivity index (χ1) is 3.93. The van der Waals surface area contributed by atoms with Crippen molar-refractivity contribution in [1.82, 2.24) is 5.43 Å². The highest BCUT2D eigenvalue weighted by atomic mass is 16.3. The van der Waals surface area contributed by atoms with E-state index in [-0.39, 0.29) is 12.6 Å². The average molecular weight is 114 g/mol. The summed E-state index contributed by atoms with van der Waals surface area (Å²) in [6.45, 7) is 0.192. The lowest BCUT2D eigenvalue weighted by Crippen LogP contribution is -2.30. The fourth-order valence-corrected chi connectivity index (χ4v) is 0.695. The molecule has 1 atom stereocenters. The second kappa shape index (κ2) is 2.67. The molecule has 0 fully saturated rings.